The number of carbonyl (C=O) groups is 2. The highest BCUT2D eigenvalue weighted by atomic mass is 32.1. The van der Waals surface area contributed by atoms with E-state index < -0.39 is 11.8 Å². The molecule has 1 aliphatic rings. The topological polar surface area (TPSA) is 67.2 Å². The highest BCUT2D eigenvalue weighted by Gasteiger charge is 2.32. The predicted molar refractivity (Wildman–Crippen MR) is 104 cm³/mol. The van der Waals surface area contributed by atoms with Gasteiger partial charge in [0.1, 0.15) is 5.57 Å². The molecule has 1 aromatic carbocycles. The maximum absolute atomic E-state index is 12.6. The smallest absolute Gasteiger partial charge is 0.265 e. The standard InChI is InChI=1S/C19H18N4O2S/c1-4-9-22-18(25)15(17(24)21-19(22)26)10-14-11-20-23(13(14)3)16-8-6-5-7-12(16)2/h4-8,10-11H,1,9H2,2-3H3,(H,21,24,26)/b15-10-. The molecule has 0 saturated carbocycles. The number of benzene rings is 1. The number of aryl methyl sites for hydroxylation is 1. The third-order valence-electron chi connectivity index (χ3n) is 4.19. The van der Waals surface area contributed by atoms with Crippen molar-refractivity contribution in [3.05, 3.63) is 65.5 Å². The molecule has 2 heterocycles. The van der Waals surface area contributed by atoms with Crippen LogP contribution in [0.25, 0.3) is 11.8 Å². The van der Waals surface area contributed by atoms with Gasteiger partial charge >= 0.3 is 0 Å². The van der Waals surface area contributed by atoms with Crippen LogP contribution in [0.15, 0.2) is 48.7 Å². The number of amides is 2. The Kier molecular flexibility index (Phi) is 4.81. The van der Waals surface area contributed by atoms with Crippen molar-refractivity contribution in [2.75, 3.05) is 6.54 Å². The van der Waals surface area contributed by atoms with Gasteiger partial charge in [-0.1, -0.05) is 24.3 Å². The molecule has 0 aliphatic carbocycles. The summed E-state index contributed by atoms with van der Waals surface area (Å²) in [6, 6.07) is 7.87. The highest BCUT2D eigenvalue weighted by Crippen LogP contribution is 2.21. The number of carbonyl (C=O) groups excluding carboxylic acids is 2. The van der Waals surface area contributed by atoms with E-state index in [4.69, 9.17) is 12.2 Å². The lowest BCUT2D eigenvalue weighted by atomic mass is 10.1. The van der Waals surface area contributed by atoms with Gasteiger partial charge in [-0.2, -0.15) is 5.10 Å². The van der Waals surface area contributed by atoms with Crippen LogP contribution in [-0.2, 0) is 9.59 Å². The van der Waals surface area contributed by atoms with E-state index in [1.54, 1.807) is 23.0 Å². The summed E-state index contributed by atoms with van der Waals surface area (Å²) in [5.41, 5.74) is 3.57. The lowest BCUT2D eigenvalue weighted by Crippen LogP contribution is -2.53. The number of para-hydroxylation sites is 1. The van der Waals surface area contributed by atoms with Crippen molar-refractivity contribution in [2.45, 2.75) is 13.8 Å². The fourth-order valence-electron chi connectivity index (χ4n) is 2.75. The van der Waals surface area contributed by atoms with Gasteiger partial charge in [0.05, 0.1) is 11.9 Å². The molecule has 0 spiro atoms. The molecule has 7 heteroatoms. The zero-order valence-electron chi connectivity index (χ0n) is 14.5. The molecule has 3 rings (SSSR count). The van der Waals surface area contributed by atoms with Gasteiger partial charge < -0.3 is 0 Å². The molecule has 1 saturated heterocycles. The van der Waals surface area contributed by atoms with Crippen molar-refractivity contribution in [3.8, 4) is 5.69 Å². The number of nitrogens with zero attached hydrogens (tertiary/aromatic N) is 3. The first-order valence-corrected chi connectivity index (χ1v) is 8.45. The molecule has 0 atom stereocenters. The lowest BCUT2D eigenvalue weighted by molar-refractivity contribution is -0.128. The number of thiocarbonyl (C=S) groups is 1. The average molecular weight is 366 g/mol. The Balaban J connectivity index is 2.01. The second-order valence-electron chi connectivity index (χ2n) is 5.91. The monoisotopic (exact) mass is 366 g/mol. The molecule has 0 bridgehead atoms. The van der Waals surface area contributed by atoms with Crippen molar-refractivity contribution >= 4 is 35.2 Å². The first-order chi connectivity index (χ1) is 12.4. The number of nitrogens with one attached hydrogen (secondary N) is 1. The molecule has 6 nitrogen and oxygen atoms in total. The predicted octanol–water partition coefficient (Wildman–Crippen LogP) is 2.30. The Morgan fingerprint density at radius 3 is 2.69 bits per heavy atom. The molecule has 0 radical (unpaired) electrons. The van der Waals surface area contributed by atoms with E-state index >= 15 is 0 Å². The van der Waals surface area contributed by atoms with Crippen LogP contribution in [0.5, 0.6) is 0 Å². The number of hydrogen-bond donors (Lipinski definition) is 1. The quantitative estimate of drug-likeness (QED) is 0.390. The minimum Gasteiger partial charge on any atom is -0.298 e. The third kappa shape index (κ3) is 3.09. The normalized spacial score (nSPS) is 16.2. The Bertz CT molecular complexity index is 958. The molecule has 0 unspecified atom stereocenters. The zero-order chi connectivity index (χ0) is 18.8. The summed E-state index contributed by atoms with van der Waals surface area (Å²) in [5, 5.41) is 7.03. The van der Waals surface area contributed by atoms with Gasteiger partial charge in [0.25, 0.3) is 11.8 Å². The summed E-state index contributed by atoms with van der Waals surface area (Å²) in [4.78, 5) is 26.2. The van der Waals surface area contributed by atoms with E-state index in [1.165, 1.54) is 4.90 Å². The fraction of sp³-hybridized carbons (Fsp3) is 0.158. The van der Waals surface area contributed by atoms with Crippen LogP contribution in [-0.4, -0.2) is 38.2 Å². The van der Waals surface area contributed by atoms with Gasteiger partial charge in [-0.05, 0) is 43.8 Å². The van der Waals surface area contributed by atoms with Crippen molar-refractivity contribution in [1.29, 1.82) is 0 Å². The summed E-state index contributed by atoms with van der Waals surface area (Å²) in [6.07, 6.45) is 4.74. The van der Waals surface area contributed by atoms with E-state index in [0.717, 1.165) is 16.9 Å². The first-order valence-electron chi connectivity index (χ1n) is 8.04. The van der Waals surface area contributed by atoms with Crippen LogP contribution in [0.4, 0.5) is 0 Å². The van der Waals surface area contributed by atoms with E-state index in [2.05, 4.69) is 17.0 Å². The third-order valence-corrected chi connectivity index (χ3v) is 4.51. The molecular weight excluding hydrogens is 348 g/mol. The van der Waals surface area contributed by atoms with Crippen molar-refractivity contribution < 1.29 is 9.59 Å². The maximum Gasteiger partial charge on any atom is 0.265 e. The Hall–Kier alpha value is -3.06. The van der Waals surface area contributed by atoms with Gasteiger partial charge in [-0.25, -0.2) is 4.68 Å². The second kappa shape index (κ2) is 7.05. The molecule has 1 aliphatic heterocycles. The zero-order valence-corrected chi connectivity index (χ0v) is 15.3. The van der Waals surface area contributed by atoms with Gasteiger partial charge in [0.15, 0.2) is 5.11 Å². The van der Waals surface area contributed by atoms with Crippen LogP contribution in [0, 0.1) is 13.8 Å². The van der Waals surface area contributed by atoms with Crippen molar-refractivity contribution in [2.24, 2.45) is 0 Å². The van der Waals surface area contributed by atoms with Crippen molar-refractivity contribution in [1.82, 2.24) is 20.0 Å². The summed E-state index contributed by atoms with van der Waals surface area (Å²) in [6.45, 7) is 7.74. The molecule has 1 fully saturated rings. The van der Waals surface area contributed by atoms with Crippen LogP contribution in [0.3, 0.4) is 0 Å². The molecule has 1 N–H and O–H groups in total. The largest absolute Gasteiger partial charge is 0.298 e. The van der Waals surface area contributed by atoms with Crippen LogP contribution in [0.2, 0.25) is 0 Å². The second-order valence-corrected chi connectivity index (χ2v) is 6.29. The summed E-state index contributed by atoms with van der Waals surface area (Å²) in [5.74, 6) is -0.954. The van der Waals surface area contributed by atoms with Crippen LogP contribution >= 0.6 is 12.2 Å². The Morgan fingerprint density at radius 2 is 2.00 bits per heavy atom. The number of hydrogen-bond acceptors (Lipinski definition) is 4. The SMILES string of the molecule is C=CCN1C(=O)/C(=C\c2cnn(-c3ccccc3C)c2C)C(=O)NC1=S. The minimum atomic E-state index is -0.511. The van der Waals surface area contributed by atoms with E-state index in [1.807, 2.05) is 38.1 Å². The maximum atomic E-state index is 12.6. The van der Waals surface area contributed by atoms with Gasteiger partial charge in [0, 0.05) is 17.8 Å². The number of rotatable bonds is 4. The van der Waals surface area contributed by atoms with Crippen LogP contribution < -0.4 is 5.32 Å². The summed E-state index contributed by atoms with van der Waals surface area (Å²) < 4.78 is 1.79. The Morgan fingerprint density at radius 1 is 1.27 bits per heavy atom. The van der Waals surface area contributed by atoms with Crippen molar-refractivity contribution in [3.63, 3.8) is 0 Å². The van der Waals surface area contributed by atoms with E-state index in [0.29, 0.717) is 5.56 Å². The minimum absolute atomic E-state index is 0.0212. The lowest BCUT2D eigenvalue weighted by Gasteiger charge is -2.27. The number of aromatic nitrogens is 2. The first kappa shape index (κ1) is 17.8. The highest BCUT2D eigenvalue weighted by molar-refractivity contribution is 7.80. The molecule has 2 amide bonds. The van der Waals surface area contributed by atoms with Gasteiger partial charge in [-0.15, -0.1) is 6.58 Å². The summed E-state index contributed by atoms with van der Waals surface area (Å²) in [7, 11) is 0. The molecule has 132 valence electrons. The Labute approximate surface area is 156 Å². The van der Waals surface area contributed by atoms with E-state index in [9.17, 15) is 9.59 Å². The van der Waals surface area contributed by atoms with Gasteiger partial charge in [0.2, 0.25) is 0 Å². The molecule has 26 heavy (non-hydrogen) atoms. The average Bonchev–Trinajstić information content (AvgIpc) is 2.96. The molecule has 2 aromatic rings. The van der Waals surface area contributed by atoms with E-state index in [-0.39, 0.29) is 17.2 Å². The molecular formula is C19H18N4O2S. The summed E-state index contributed by atoms with van der Waals surface area (Å²) >= 11 is 5.05. The van der Waals surface area contributed by atoms with Crippen LogP contribution in [0.1, 0.15) is 16.8 Å². The van der Waals surface area contributed by atoms with Gasteiger partial charge in [-0.3, -0.25) is 19.8 Å². The molecule has 1 aromatic heterocycles. The fourth-order valence-corrected chi connectivity index (χ4v) is 3.00.